The van der Waals surface area contributed by atoms with Gasteiger partial charge in [0.05, 0.1) is 19.2 Å². The molecule has 2 amide bonds. The quantitative estimate of drug-likeness (QED) is 0.295. The Balaban J connectivity index is 0.00000541. The molecule has 0 radical (unpaired) electrons. The molecule has 0 aliphatic carbocycles. The number of nitrogens with one attached hydrogen (secondary N) is 1. The van der Waals surface area contributed by atoms with Gasteiger partial charge in [-0.15, -0.1) is 5.10 Å². The van der Waals surface area contributed by atoms with Crippen molar-refractivity contribution in [3.05, 3.63) is 69.6 Å². The van der Waals surface area contributed by atoms with Crippen molar-refractivity contribution in [1.82, 2.24) is 34.4 Å². The Bertz CT molecular complexity index is 1730. The molecule has 6 rings (SSSR count). The van der Waals surface area contributed by atoms with E-state index in [0.717, 1.165) is 50.1 Å². The SMILES string of the molecule is C.CCOC(=O)CN1CCN(C2CCN(C(=O)[C@@H](Cc3cc(C)c(O)c(C)c3)OC(=O)N3CCC(n4nc(-c5ccccc5)[nH]c4=O)CC3)CC2)CC1. The molecule has 14 nitrogen and oxygen atoms in total. The zero-order chi connectivity index (χ0) is 36.8. The van der Waals surface area contributed by atoms with Crippen LogP contribution < -0.4 is 5.69 Å². The summed E-state index contributed by atoms with van der Waals surface area (Å²) in [7, 11) is 0. The highest BCUT2D eigenvalue weighted by Crippen LogP contribution is 2.27. The lowest BCUT2D eigenvalue weighted by molar-refractivity contribution is -0.145. The van der Waals surface area contributed by atoms with Crippen LogP contribution in [0.3, 0.4) is 0 Å². The van der Waals surface area contributed by atoms with Gasteiger partial charge < -0.3 is 24.4 Å². The third kappa shape index (κ3) is 9.65. The van der Waals surface area contributed by atoms with Crippen LogP contribution in [0.2, 0.25) is 0 Å². The van der Waals surface area contributed by atoms with Crippen molar-refractivity contribution < 1.29 is 29.0 Å². The highest BCUT2D eigenvalue weighted by atomic mass is 16.6. The van der Waals surface area contributed by atoms with Crippen molar-refractivity contribution >= 4 is 18.0 Å². The van der Waals surface area contributed by atoms with Crippen LogP contribution in [0.4, 0.5) is 4.79 Å². The third-order valence-corrected chi connectivity index (χ3v) is 10.6. The first kappa shape index (κ1) is 39.5. The summed E-state index contributed by atoms with van der Waals surface area (Å²) in [5.41, 5.74) is 2.73. The van der Waals surface area contributed by atoms with E-state index in [0.29, 0.717) is 75.2 Å². The summed E-state index contributed by atoms with van der Waals surface area (Å²) in [6.07, 6.45) is 1.27. The number of aryl methyl sites for hydroxylation is 2. The molecule has 3 aliphatic rings. The molecule has 1 atom stereocenters. The van der Waals surface area contributed by atoms with Gasteiger partial charge in [-0.3, -0.25) is 24.4 Å². The highest BCUT2D eigenvalue weighted by Gasteiger charge is 2.36. The predicted molar refractivity (Wildman–Crippen MR) is 201 cm³/mol. The lowest BCUT2D eigenvalue weighted by Gasteiger charge is -2.43. The molecule has 0 unspecified atom stereocenters. The minimum atomic E-state index is -1.03. The molecule has 288 valence electrons. The number of ether oxygens (including phenoxy) is 2. The maximum Gasteiger partial charge on any atom is 0.410 e. The first-order valence-electron chi connectivity index (χ1n) is 18.5. The number of amides is 2. The lowest BCUT2D eigenvalue weighted by Crippen LogP contribution is -2.55. The average molecular weight is 734 g/mol. The van der Waals surface area contributed by atoms with Crippen LogP contribution >= 0.6 is 0 Å². The van der Waals surface area contributed by atoms with Crippen molar-refractivity contribution in [2.24, 2.45) is 0 Å². The van der Waals surface area contributed by atoms with Gasteiger partial charge in [0.15, 0.2) is 11.9 Å². The summed E-state index contributed by atoms with van der Waals surface area (Å²) in [6, 6.07) is 13.3. The van der Waals surface area contributed by atoms with Gasteiger partial charge in [-0.1, -0.05) is 49.9 Å². The minimum Gasteiger partial charge on any atom is -0.507 e. The molecule has 3 aromatic rings. The van der Waals surface area contributed by atoms with Gasteiger partial charge in [0, 0.05) is 70.4 Å². The number of esters is 1. The van der Waals surface area contributed by atoms with Crippen LogP contribution in [-0.4, -0.2) is 135 Å². The van der Waals surface area contributed by atoms with E-state index in [2.05, 4.69) is 19.9 Å². The van der Waals surface area contributed by atoms with E-state index in [1.807, 2.05) is 68.1 Å². The number of benzene rings is 2. The molecule has 1 aromatic heterocycles. The second-order valence-electron chi connectivity index (χ2n) is 14.1. The maximum atomic E-state index is 14.1. The Hall–Kier alpha value is -4.69. The number of carbonyl (C=O) groups is 3. The van der Waals surface area contributed by atoms with Gasteiger partial charge in [-0.2, -0.15) is 0 Å². The number of carbonyl (C=O) groups excluding carboxylic acids is 3. The smallest absolute Gasteiger partial charge is 0.410 e. The average Bonchev–Trinajstić information content (AvgIpc) is 3.55. The maximum absolute atomic E-state index is 14.1. The molecule has 4 heterocycles. The number of aromatic hydroxyl groups is 1. The molecular formula is C39H55N7O7. The molecular weight excluding hydrogens is 678 g/mol. The second-order valence-corrected chi connectivity index (χ2v) is 14.1. The zero-order valence-electron chi connectivity index (χ0n) is 30.5. The molecule has 53 heavy (non-hydrogen) atoms. The van der Waals surface area contributed by atoms with Crippen LogP contribution in [0.15, 0.2) is 47.3 Å². The van der Waals surface area contributed by atoms with Crippen LogP contribution in [0.25, 0.3) is 11.4 Å². The van der Waals surface area contributed by atoms with Crippen LogP contribution in [0.5, 0.6) is 5.75 Å². The fourth-order valence-electron chi connectivity index (χ4n) is 7.69. The number of rotatable bonds is 10. The molecule has 3 aliphatic heterocycles. The number of hydrogen-bond acceptors (Lipinski definition) is 10. The lowest BCUT2D eigenvalue weighted by atomic mass is 9.98. The molecule has 0 spiro atoms. The van der Waals surface area contributed by atoms with E-state index < -0.39 is 12.2 Å². The third-order valence-electron chi connectivity index (χ3n) is 10.6. The van der Waals surface area contributed by atoms with E-state index in [1.165, 1.54) is 4.68 Å². The summed E-state index contributed by atoms with van der Waals surface area (Å²) in [5, 5.41) is 14.9. The Morgan fingerprint density at radius 1 is 0.887 bits per heavy atom. The van der Waals surface area contributed by atoms with E-state index in [9.17, 15) is 24.3 Å². The fraction of sp³-hybridized carbons (Fsp3) is 0.564. The number of nitrogens with zero attached hydrogens (tertiary/aromatic N) is 6. The van der Waals surface area contributed by atoms with Crippen molar-refractivity contribution in [3.8, 4) is 17.1 Å². The van der Waals surface area contributed by atoms with Crippen molar-refractivity contribution in [1.29, 1.82) is 0 Å². The monoisotopic (exact) mass is 733 g/mol. The van der Waals surface area contributed by atoms with Crippen LogP contribution in [0, 0.1) is 13.8 Å². The summed E-state index contributed by atoms with van der Waals surface area (Å²) in [5.74, 6) is 0.304. The second kappa shape index (κ2) is 17.9. The van der Waals surface area contributed by atoms with Crippen LogP contribution in [0.1, 0.15) is 62.8 Å². The van der Waals surface area contributed by atoms with E-state index in [1.54, 1.807) is 4.90 Å². The highest BCUT2D eigenvalue weighted by molar-refractivity contribution is 5.84. The number of H-pyrrole nitrogens is 1. The predicted octanol–water partition coefficient (Wildman–Crippen LogP) is 3.75. The summed E-state index contributed by atoms with van der Waals surface area (Å²) < 4.78 is 12.6. The van der Waals surface area contributed by atoms with Crippen LogP contribution in [-0.2, 0) is 25.5 Å². The van der Waals surface area contributed by atoms with Gasteiger partial charge in [0.2, 0.25) is 0 Å². The Morgan fingerprint density at radius 3 is 2.11 bits per heavy atom. The van der Waals surface area contributed by atoms with E-state index in [4.69, 9.17) is 9.47 Å². The minimum absolute atomic E-state index is 0. The largest absolute Gasteiger partial charge is 0.507 e. The summed E-state index contributed by atoms with van der Waals surface area (Å²) in [6.45, 7) is 11.3. The number of phenols is 1. The van der Waals surface area contributed by atoms with E-state index >= 15 is 0 Å². The normalized spacial score (nSPS) is 18.3. The number of hydrogen-bond donors (Lipinski definition) is 2. The van der Waals surface area contributed by atoms with Gasteiger partial charge in [0.1, 0.15) is 5.75 Å². The summed E-state index contributed by atoms with van der Waals surface area (Å²) >= 11 is 0. The first-order chi connectivity index (χ1) is 25.1. The first-order valence-corrected chi connectivity index (χ1v) is 18.5. The van der Waals surface area contributed by atoms with Crippen molar-refractivity contribution in [3.63, 3.8) is 0 Å². The number of piperidine rings is 2. The molecule has 2 aromatic carbocycles. The molecule has 3 fully saturated rings. The topological polar surface area (TPSA) is 154 Å². The molecule has 0 bridgehead atoms. The van der Waals surface area contributed by atoms with Crippen molar-refractivity contribution in [2.45, 2.75) is 78.5 Å². The number of likely N-dealkylation sites (tertiary alicyclic amines) is 2. The van der Waals surface area contributed by atoms with Gasteiger partial charge in [-0.05, 0) is 63.1 Å². The fourth-order valence-corrected chi connectivity index (χ4v) is 7.69. The van der Waals surface area contributed by atoms with Crippen molar-refractivity contribution in [2.75, 3.05) is 65.5 Å². The number of piperazine rings is 1. The van der Waals surface area contributed by atoms with Gasteiger partial charge in [0.25, 0.3) is 5.91 Å². The number of aromatic amines is 1. The molecule has 2 N–H and O–H groups in total. The number of phenolic OH excluding ortho intramolecular Hbond substituents is 1. The summed E-state index contributed by atoms with van der Waals surface area (Å²) in [4.78, 5) is 63.3. The van der Waals surface area contributed by atoms with Gasteiger partial charge in [-0.25, -0.2) is 14.3 Å². The zero-order valence-corrected chi connectivity index (χ0v) is 30.5. The number of aromatic nitrogens is 3. The Labute approximate surface area is 311 Å². The van der Waals surface area contributed by atoms with Gasteiger partial charge >= 0.3 is 17.8 Å². The standard InChI is InChI=1S/C38H51N7O7.CH4/c1-4-51-33(46)25-41-18-20-42(21-19-41)30-10-14-43(15-11-30)36(48)32(24-28-22-26(2)34(47)27(3)23-28)52-38(50)44-16-12-31(13-17-44)45-37(49)39-35(40-45)29-8-6-5-7-9-29;/h5-9,22-23,30-32,47H,4,10-21,24-25H2,1-3H3,(H,39,40,49);1H4/t32-;/m1./s1. The molecule has 14 heteroatoms. The Morgan fingerprint density at radius 2 is 1.49 bits per heavy atom. The Kier molecular flexibility index (Phi) is 13.3. The molecule has 3 saturated heterocycles. The van der Waals surface area contributed by atoms with E-state index in [-0.39, 0.29) is 43.2 Å². The molecule has 0 saturated carbocycles.